The van der Waals surface area contributed by atoms with Gasteiger partial charge in [-0.15, -0.1) is 0 Å². The summed E-state index contributed by atoms with van der Waals surface area (Å²) in [7, 11) is 3.19. The van der Waals surface area contributed by atoms with Crippen LogP contribution in [0.3, 0.4) is 0 Å². The van der Waals surface area contributed by atoms with E-state index in [1.165, 1.54) is 0 Å². The third-order valence-corrected chi connectivity index (χ3v) is 5.27. The van der Waals surface area contributed by atoms with Crippen LogP contribution in [0.4, 0.5) is 4.79 Å². The van der Waals surface area contributed by atoms with E-state index in [9.17, 15) is 9.59 Å². The lowest BCUT2D eigenvalue weighted by atomic mass is 9.84. The number of ether oxygens (including phenoxy) is 2. The predicted molar refractivity (Wildman–Crippen MR) is 102 cm³/mol. The molecule has 7 nitrogen and oxygen atoms in total. The second-order valence-corrected chi connectivity index (χ2v) is 7.67. The van der Waals surface area contributed by atoms with Crippen molar-refractivity contribution in [1.82, 2.24) is 10.6 Å². The van der Waals surface area contributed by atoms with Crippen molar-refractivity contribution in [1.29, 1.82) is 0 Å². The van der Waals surface area contributed by atoms with Gasteiger partial charge in [-0.25, -0.2) is 4.79 Å². The highest BCUT2D eigenvalue weighted by atomic mass is 16.5. The standard InChI is InChI=1S/C20H30N2O5/c1-20(2,14-7-10-16(26-3)17(11-14)27-4)12-21-19(25)22-15-8-5-13(6-9-15)18(23)24/h7,10-11,13,15H,5-6,8-9,12H2,1-4H3,(H,23,24)(H2,21,22,25). The SMILES string of the molecule is COc1ccc(C(C)(C)CNC(=O)NC2CCC(C(=O)O)CC2)cc1OC. The molecule has 0 atom stereocenters. The summed E-state index contributed by atoms with van der Waals surface area (Å²) in [5.41, 5.74) is 0.736. The molecule has 1 saturated carbocycles. The van der Waals surface area contributed by atoms with Crippen LogP contribution in [0.15, 0.2) is 18.2 Å². The molecule has 1 aromatic rings. The topological polar surface area (TPSA) is 96.9 Å². The Kier molecular flexibility index (Phi) is 6.93. The molecule has 0 saturated heterocycles. The van der Waals surface area contributed by atoms with Crippen molar-refractivity contribution in [3.63, 3.8) is 0 Å². The highest BCUT2D eigenvalue weighted by Gasteiger charge is 2.27. The summed E-state index contributed by atoms with van der Waals surface area (Å²) in [5.74, 6) is 0.298. The van der Waals surface area contributed by atoms with E-state index in [0.717, 1.165) is 5.56 Å². The largest absolute Gasteiger partial charge is 0.493 e. The van der Waals surface area contributed by atoms with E-state index in [1.807, 2.05) is 32.0 Å². The van der Waals surface area contributed by atoms with E-state index in [-0.39, 0.29) is 23.4 Å². The smallest absolute Gasteiger partial charge is 0.315 e. The summed E-state index contributed by atoms with van der Waals surface area (Å²) >= 11 is 0. The van der Waals surface area contributed by atoms with Gasteiger partial charge < -0.3 is 25.2 Å². The second kappa shape index (κ2) is 8.97. The van der Waals surface area contributed by atoms with Gasteiger partial charge >= 0.3 is 12.0 Å². The third kappa shape index (κ3) is 5.52. The molecular weight excluding hydrogens is 348 g/mol. The maximum absolute atomic E-state index is 12.2. The van der Waals surface area contributed by atoms with Gasteiger partial charge in [0.15, 0.2) is 11.5 Å². The number of benzene rings is 1. The molecule has 1 fully saturated rings. The number of carbonyl (C=O) groups is 2. The number of amides is 2. The van der Waals surface area contributed by atoms with Crippen LogP contribution in [0, 0.1) is 5.92 Å². The molecule has 0 heterocycles. The lowest BCUT2D eigenvalue weighted by molar-refractivity contribution is -0.142. The minimum absolute atomic E-state index is 0.0322. The molecule has 7 heteroatoms. The van der Waals surface area contributed by atoms with Crippen LogP contribution >= 0.6 is 0 Å². The molecule has 1 aliphatic rings. The van der Waals surface area contributed by atoms with E-state index in [0.29, 0.717) is 43.7 Å². The third-order valence-electron chi connectivity index (χ3n) is 5.27. The van der Waals surface area contributed by atoms with Gasteiger partial charge in [0.1, 0.15) is 0 Å². The van der Waals surface area contributed by atoms with E-state index in [4.69, 9.17) is 14.6 Å². The maximum Gasteiger partial charge on any atom is 0.315 e. The first-order chi connectivity index (χ1) is 12.8. The molecule has 150 valence electrons. The fourth-order valence-corrected chi connectivity index (χ4v) is 3.38. The summed E-state index contributed by atoms with van der Waals surface area (Å²) in [6.07, 6.45) is 2.61. The highest BCUT2D eigenvalue weighted by Crippen LogP contribution is 2.33. The Labute approximate surface area is 160 Å². The fraction of sp³-hybridized carbons (Fsp3) is 0.600. The zero-order chi connectivity index (χ0) is 20.0. The number of hydrogen-bond donors (Lipinski definition) is 3. The van der Waals surface area contributed by atoms with Gasteiger partial charge in [-0.05, 0) is 43.4 Å². The van der Waals surface area contributed by atoms with Crippen molar-refractivity contribution in [2.45, 2.75) is 51.0 Å². The van der Waals surface area contributed by atoms with Gasteiger partial charge in [-0.3, -0.25) is 4.79 Å². The fourth-order valence-electron chi connectivity index (χ4n) is 3.38. The Morgan fingerprint density at radius 3 is 2.30 bits per heavy atom. The minimum atomic E-state index is -0.741. The van der Waals surface area contributed by atoms with Crippen molar-refractivity contribution in [3.8, 4) is 11.5 Å². The van der Waals surface area contributed by atoms with Crippen LogP contribution in [0.1, 0.15) is 45.1 Å². The van der Waals surface area contributed by atoms with Crippen LogP contribution in [-0.2, 0) is 10.2 Å². The van der Waals surface area contributed by atoms with E-state index in [1.54, 1.807) is 14.2 Å². The zero-order valence-corrected chi connectivity index (χ0v) is 16.5. The zero-order valence-electron chi connectivity index (χ0n) is 16.5. The lowest BCUT2D eigenvalue weighted by Crippen LogP contribution is -2.47. The predicted octanol–water partition coefficient (Wildman–Crippen LogP) is 2.92. The molecule has 0 unspecified atom stereocenters. The average molecular weight is 378 g/mol. The molecular formula is C20H30N2O5. The van der Waals surface area contributed by atoms with Crippen LogP contribution in [-0.4, -0.2) is 43.9 Å². The Balaban J connectivity index is 1.87. The first kappa shape index (κ1) is 20.9. The van der Waals surface area contributed by atoms with Gasteiger partial charge in [0.05, 0.1) is 20.1 Å². The number of rotatable bonds is 7. The van der Waals surface area contributed by atoms with Crippen molar-refractivity contribution < 1.29 is 24.2 Å². The highest BCUT2D eigenvalue weighted by molar-refractivity contribution is 5.74. The van der Waals surface area contributed by atoms with E-state index in [2.05, 4.69) is 10.6 Å². The first-order valence-electron chi connectivity index (χ1n) is 9.26. The molecule has 0 aliphatic heterocycles. The second-order valence-electron chi connectivity index (χ2n) is 7.67. The van der Waals surface area contributed by atoms with Gasteiger partial charge in [0.25, 0.3) is 0 Å². The van der Waals surface area contributed by atoms with Crippen LogP contribution in [0.2, 0.25) is 0 Å². The quantitative estimate of drug-likeness (QED) is 0.678. The Morgan fingerprint density at radius 2 is 1.74 bits per heavy atom. The number of methoxy groups -OCH3 is 2. The summed E-state index contributed by atoms with van der Waals surface area (Å²) < 4.78 is 10.6. The number of urea groups is 1. The molecule has 1 aromatic carbocycles. The van der Waals surface area contributed by atoms with Crippen molar-refractivity contribution >= 4 is 12.0 Å². The number of hydrogen-bond acceptors (Lipinski definition) is 4. The van der Waals surface area contributed by atoms with Gasteiger partial charge in [-0.2, -0.15) is 0 Å². The summed E-state index contributed by atoms with van der Waals surface area (Å²) in [4.78, 5) is 23.2. The molecule has 0 spiro atoms. The molecule has 0 aromatic heterocycles. The minimum Gasteiger partial charge on any atom is -0.493 e. The van der Waals surface area contributed by atoms with Crippen molar-refractivity contribution in [2.75, 3.05) is 20.8 Å². The monoisotopic (exact) mass is 378 g/mol. The normalized spacial score (nSPS) is 19.9. The summed E-state index contributed by atoms with van der Waals surface area (Å²) in [6, 6.07) is 5.56. The van der Waals surface area contributed by atoms with Gasteiger partial charge in [0.2, 0.25) is 0 Å². The lowest BCUT2D eigenvalue weighted by Gasteiger charge is -2.29. The average Bonchev–Trinajstić information content (AvgIpc) is 2.66. The summed E-state index contributed by atoms with van der Waals surface area (Å²) in [5, 5.41) is 14.9. The van der Waals surface area contributed by atoms with Crippen molar-refractivity contribution in [2.24, 2.45) is 5.92 Å². The number of aliphatic carboxylic acids is 1. The molecule has 3 N–H and O–H groups in total. The number of nitrogens with one attached hydrogen (secondary N) is 2. The molecule has 2 rings (SSSR count). The van der Waals surface area contributed by atoms with Gasteiger partial charge in [-0.1, -0.05) is 19.9 Å². The molecule has 2 amide bonds. The number of carboxylic acid groups (broad SMARTS) is 1. The first-order valence-corrected chi connectivity index (χ1v) is 9.26. The maximum atomic E-state index is 12.2. The molecule has 1 aliphatic carbocycles. The van der Waals surface area contributed by atoms with Crippen molar-refractivity contribution in [3.05, 3.63) is 23.8 Å². The van der Waals surface area contributed by atoms with Crippen LogP contribution in [0.5, 0.6) is 11.5 Å². The van der Waals surface area contributed by atoms with Crippen LogP contribution < -0.4 is 20.1 Å². The molecule has 0 bridgehead atoms. The van der Waals surface area contributed by atoms with E-state index >= 15 is 0 Å². The Hall–Kier alpha value is -2.44. The number of carbonyl (C=O) groups excluding carboxylic acids is 1. The molecule has 0 radical (unpaired) electrons. The molecule has 27 heavy (non-hydrogen) atoms. The number of carboxylic acids is 1. The van der Waals surface area contributed by atoms with E-state index < -0.39 is 5.97 Å². The van der Waals surface area contributed by atoms with Crippen LogP contribution in [0.25, 0.3) is 0 Å². The van der Waals surface area contributed by atoms with Gasteiger partial charge in [0, 0.05) is 18.0 Å². The Morgan fingerprint density at radius 1 is 1.11 bits per heavy atom. The summed E-state index contributed by atoms with van der Waals surface area (Å²) in [6.45, 7) is 4.55. The Bertz CT molecular complexity index is 666.